The molecule has 0 aliphatic heterocycles. The van der Waals surface area contributed by atoms with Crippen LogP contribution < -0.4 is 5.32 Å². The number of aliphatic carboxylic acids is 1. The van der Waals surface area contributed by atoms with E-state index in [-0.39, 0.29) is 12.0 Å². The fourth-order valence-corrected chi connectivity index (χ4v) is 1.74. The number of carboxylic acid groups (broad SMARTS) is 1. The predicted octanol–water partition coefficient (Wildman–Crippen LogP) is 2.30. The average molecular weight is 267 g/mol. The Morgan fingerprint density at radius 2 is 1.89 bits per heavy atom. The van der Waals surface area contributed by atoms with Gasteiger partial charge in [-0.2, -0.15) is 0 Å². The van der Waals surface area contributed by atoms with Gasteiger partial charge in [-0.25, -0.2) is 4.39 Å². The molecule has 1 atom stereocenters. The highest BCUT2D eigenvalue weighted by Gasteiger charge is 2.27. The minimum Gasteiger partial charge on any atom is -0.481 e. The molecule has 0 saturated heterocycles. The fourth-order valence-electron chi connectivity index (χ4n) is 1.74. The Hall–Kier alpha value is -1.91. The van der Waals surface area contributed by atoms with Crippen LogP contribution in [0.5, 0.6) is 0 Å². The molecule has 0 radical (unpaired) electrons. The minimum atomic E-state index is -1.21. The summed E-state index contributed by atoms with van der Waals surface area (Å²) in [6.07, 6.45) is -0.284. The Kier molecular flexibility index (Phi) is 4.64. The minimum absolute atomic E-state index is 0.0269. The standard InChI is InChI=1S/C14H18FNO3/c1-14(2,3)16-12(17)8-10(13(18)19)9-6-4-5-7-11(9)15/h4-7,10H,8H2,1-3H3,(H,16,17)(H,18,19). The summed E-state index contributed by atoms with van der Waals surface area (Å²) in [7, 11) is 0. The van der Waals surface area contributed by atoms with Crippen molar-refractivity contribution in [2.45, 2.75) is 38.6 Å². The molecule has 5 heteroatoms. The summed E-state index contributed by atoms with van der Waals surface area (Å²) in [5, 5.41) is 11.8. The number of rotatable bonds is 4. The van der Waals surface area contributed by atoms with Gasteiger partial charge in [-0.3, -0.25) is 9.59 Å². The van der Waals surface area contributed by atoms with Crippen LogP contribution in [0.25, 0.3) is 0 Å². The lowest BCUT2D eigenvalue weighted by Crippen LogP contribution is -2.41. The molecule has 104 valence electrons. The zero-order valence-corrected chi connectivity index (χ0v) is 11.2. The normalized spacial score (nSPS) is 12.8. The predicted molar refractivity (Wildman–Crippen MR) is 69.3 cm³/mol. The molecule has 1 amide bonds. The van der Waals surface area contributed by atoms with Gasteiger partial charge in [-0.05, 0) is 26.8 Å². The Labute approximate surface area is 111 Å². The Morgan fingerprint density at radius 1 is 1.32 bits per heavy atom. The summed E-state index contributed by atoms with van der Waals surface area (Å²) in [5.74, 6) is -3.42. The molecular formula is C14H18FNO3. The first-order valence-corrected chi connectivity index (χ1v) is 5.99. The zero-order chi connectivity index (χ0) is 14.6. The highest BCUT2D eigenvalue weighted by molar-refractivity contribution is 5.86. The third-order valence-electron chi connectivity index (χ3n) is 2.48. The van der Waals surface area contributed by atoms with Gasteiger partial charge in [-0.1, -0.05) is 18.2 Å². The summed E-state index contributed by atoms with van der Waals surface area (Å²) >= 11 is 0. The van der Waals surface area contributed by atoms with Crippen LogP contribution in [0.3, 0.4) is 0 Å². The number of hydrogen-bond acceptors (Lipinski definition) is 2. The van der Waals surface area contributed by atoms with Crippen LogP contribution in [0.4, 0.5) is 4.39 Å². The number of halogens is 1. The van der Waals surface area contributed by atoms with E-state index in [1.807, 2.05) is 0 Å². The molecule has 0 fully saturated rings. The molecule has 0 aromatic heterocycles. The topological polar surface area (TPSA) is 66.4 Å². The van der Waals surface area contributed by atoms with Gasteiger partial charge in [0.2, 0.25) is 5.91 Å². The smallest absolute Gasteiger partial charge is 0.311 e. The van der Waals surface area contributed by atoms with Crippen LogP contribution in [0, 0.1) is 5.82 Å². The molecule has 0 bridgehead atoms. The van der Waals surface area contributed by atoms with E-state index < -0.39 is 29.2 Å². The van der Waals surface area contributed by atoms with E-state index in [2.05, 4.69) is 5.32 Å². The van der Waals surface area contributed by atoms with Crippen LogP contribution in [0.1, 0.15) is 38.7 Å². The second-order valence-corrected chi connectivity index (χ2v) is 5.41. The van der Waals surface area contributed by atoms with E-state index in [9.17, 15) is 14.0 Å². The van der Waals surface area contributed by atoms with E-state index in [0.29, 0.717) is 0 Å². The maximum atomic E-state index is 13.6. The second-order valence-electron chi connectivity index (χ2n) is 5.41. The number of carboxylic acids is 1. The van der Waals surface area contributed by atoms with Crippen molar-refractivity contribution in [3.8, 4) is 0 Å². The van der Waals surface area contributed by atoms with Gasteiger partial charge in [0.15, 0.2) is 0 Å². The first-order chi connectivity index (χ1) is 8.70. The van der Waals surface area contributed by atoms with Crippen molar-refractivity contribution >= 4 is 11.9 Å². The summed E-state index contributed by atoms with van der Waals surface area (Å²) in [6, 6.07) is 5.61. The quantitative estimate of drug-likeness (QED) is 0.879. The van der Waals surface area contributed by atoms with E-state index in [1.165, 1.54) is 18.2 Å². The lowest BCUT2D eigenvalue weighted by Gasteiger charge is -2.22. The van der Waals surface area contributed by atoms with Gasteiger partial charge < -0.3 is 10.4 Å². The Balaban J connectivity index is 2.89. The van der Waals surface area contributed by atoms with Gasteiger partial charge in [0.05, 0.1) is 5.92 Å². The highest BCUT2D eigenvalue weighted by Crippen LogP contribution is 2.23. The molecule has 0 aliphatic carbocycles. The van der Waals surface area contributed by atoms with Gasteiger partial charge in [0.1, 0.15) is 5.82 Å². The molecule has 1 rings (SSSR count). The van der Waals surface area contributed by atoms with Crippen LogP contribution >= 0.6 is 0 Å². The summed E-state index contributed by atoms with van der Waals surface area (Å²) < 4.78 is 13.6. The van der Waals surface area contributed by atoms with Gasteiger partial charge in [0, 0.05) is 17.5 Å². The van der Waals surface area contributed by atoms with Crippen molar-refractivity contribution in [2.24, 2.45) is 0 Å². The van der Waals surface area contributed by atoms with E-state index in [1.54, 1.807) is 26.8 Å². The van der Waals surface area contributed by atoms with E-state index in [0.717, 1.165) is 0 Å². The Bertz CT molecular complexity index is 480. The summed E-state index contributed by atoms with van der Waals surface area (Å²) in [4.78, 5) is 23.0. The molecule has 19 heavy (non-hydrogen) atoms. The second kappa shape index (κ2) is 5.82. The molecular weight excluding hydrogens is 249 g/mol. The maximum Gasteiger partial charge on any atom is 0.311 e. The van der Waals surface area contributed by atoms with Crippen LogP contribution in [0.2, 0.25) is 0 Å². The van der Waals surface area contributed by atoms with Gasteiger partial charge >= 0.3 is 5.97 Å². The molecule has 0 spiro atoms. The van der Waals surface area contributed by atoms with Crippen LogP contribution in [-0.2, 0) is 9.59 Å². The van der Waals surface area contributed by atoms with Crippen molar-refractivity contribution in [1.82, 2.24) is 5.32 Å². The molecule has 0 aliphatic rings. The number of carbonyl (C=O) groups is 2. The number of nitrogens with one attached hydrogen (secondary N) is 1. The van der Waals surface area contributed by atoms with Crippen LogP contribution in [-0.4, -0.2) is 22.5 Å². The molecule has 1 unspecified atom stereocenters. The Morgan fingerprint density at radius 3 is 2.37 bits per heavy atom. The SMILES string of the molecule is CC(C)(C)NC(=O)CC(C(=O)O)c1ccccc1F. The third-order valence-corrected chi connectivity index (χ3v) is 2.48. The molecule has 0 heterocycles. The molecule has 4 nitrogen and oxygen atoms in total. The largest absolute Gasteiger partial charge is 0.481 e. The molecule has 1 aromatic carbocycles. The fraction of sp³-hybridized carbons (Fsp3) is 0.429. The first-order valence-electron chi connectivity index (χ1n) is 5.99. The molecule has 1 aromatic rings. The van der Waals surface area contributed by atoms with E-state index >= 15 is 0 Å². The summed E-state index contributed by atoms with van der Waals surface area (Å²) in [6.45, 7) is 5.39. The first kappa shape index (κ1) is 15.1. The van der Waals surface area contributed by atoms with Crippen molar-refractivity contribution < 1.29 is 19.1 Å². The van der Waals surface area contributed by atoms with Crippen LogP contribution in [0.15, 0.2) is 24.3 Å². The van der Waals surface area contributed by atoms with E-state index in [4.69, 9.17) is 5.11 Å². The number of hydrogen-bond donors (Lipinski definition) is 2. The van der Waals surface area contributed by atoms with Crippen molar-refractivity contribution in [3.05, 3.63) is 35.6 Å². The number of carbonyl (C=O) groups excluding carboxylic acids is 1. The highest BCUT2D eigenvalue weighted by atomic mass is 19.1. The van der Waals surface area contributed by atoms with Crippen molar-refractivity contribution in [1.29, 1.82) is 0 Å². The lowest BCUT2D eigenvalue weighted by atomic mass is 9.94. The zero-order valence-electron chi connectivity index (χ0n) is 11.2. The van der Waals surface area contributed by atoms with Gasteiger partial charge in [0.25, 0.3) is 0 Å². The lowest BCUT2D eigenvalue weighted by molar-refractivity contribution is -0.141. The average Bonchev–Trinajstić information content (AvgIpc) is 2.24. The van der Waals surface area contributed by atoms with Crippen molar-refractivity contribution in [3.63, 3.8) is 0 Å². The van der Waals surface area contributed by atoms with Gasteiger partial charge in [-0.15, -0.1) is 0 Å². The monoisotopic (exact) mass is 267 g/mol. The number of benzene rings is 1. The third kappa shape index (κ3) is 4.69. The maximum absolute atomic E-state index is 13.6. The summed E-state index contributed by atoms with van der Waals surface area (Å²) in [5.41, 5.74) is -0.422. The van der Waals surface area contributed by atoms with Crippen molar-refractivity contribution in [2.75, 3.05) is 0 Å². The molecule has 2 N–H and O–H groups in total. The molecule has 0 saturated carbocycles. The number of amides is 1.